The second kappa shape index (κ2) is 6.48. The molecular weight excluding hydrogens is 380 g/mol. The van der Waals surface area contributed by atoms with Gasteiger partial charge in [-0.05, 0) is 19.1 Å². The molecule has 2 fully saturated rings. The van der Waals surface area contributed by atoms with Gasteiger partial charge in [-0.15, -0.1) is 0 Å². The third-order valence-electron chi connectivity index (χ3n) is 5.75. The second-order valence-corrected chi connectivity index (χ2v) is 7.46. The highest BCUT2D eigenvalue weighted by Crippen LogP contribution is 2.52. The van der Waals surface area contributed by atoms with Crippen molar-refractivity contribution in [3.8, 4) is 11.5 Å². The number of amides is 2. The van der Waals surface area contributed by atoms with Crippen LogP contribution in [0.5, 0.6) is 11.5 Å². The summed E-state index contributed by atoms with van der Waals surface area (Å²) in [4.78, 5) is 39.3. The molecular formula is C20H20N2O7. The molecule has 9 nitrogen and oxygen atoms in total. The van der Waals surface area contributed by atoms with Crippen LogP contribution in [0, 0.1) is 11.8 Å². The van der Waals surface area contributed by atoms with Gasteiger partial charge in [0.1, 0.15) is 12.1 Å². The summed E-state index contributed by atoms with van der Waals surface area (Å²) in [5, 5.41) is 2.85. The van der Waals surface area contributed by atoms with Gasteiger partial charge >= 0.3 is 5.97 Å². The molecule has 0 aromatic heterocycles. The minimum atomic E-state index is -0.870. The van der Waals surface area contributed by atoms with Crippen molar-refractivity contribution in [2.24, 2.45) is 11.8 Å². The predicted octanol–water partition coefficient (Wildman–Crippen LogP) is 0.699. The molecule has 1 spiro atoms. The van der Waals surface area contributed by atoms with E-state index in [9.17, 15) is 14.4 Å². The number of esters is 1. The Bertz CT molecular complexity index is 929. The normalized spacial score (nSPS) is 30.6. The molecule has 0 saturated carbocycles. The van der Waals surface area contributed by atoms with Crippen LogP contribution >= 0.6 is 0 Å². The maximum absolute atomic E-state index is 13.1. The molecule has 4 heterocycles. The Labute approximate surface area is 166 Å². The summed E-state index contributed by atoms with van der Waals surface area (Å²) in [6.45, 7) is 2.18. The fraction of sp³-hybridized carbons (Fsp3) is 0.450. The van der Waals surface area contributed by atoms with Crippen molar-refractivity contribution in [3.63, 3.8) is 0 Å². The van der Waals surface area contributed by atoms with Gasteiger partial charge in [0.15, 0.2) is 11.5 Å². The molecule has 2 saturated heterocycles. The van der Waals surface area contributed by atoms with Gasteiger partial charge in [0.05, 0.1) is 31.1 Å². The highest BCUT2D eigenvalue weighted by atomic mass is 16.7. The molecule has 2 unspecified atom stereocenters. The van der Waals surface area contributed by atoms with E-state index in [0.29, 0.717) is 17.2 Å². The quantitative estimate of drug-likeness (QED) is 0.573. The largest absolute Gasteiger partial charge is 0.465 e. The molecule has 0 radical (unpaired) electrons. The maximum atomic E-state index is 13.1. The summed E-state index contributed by atoms with van der Waals surface area (Å²) >= 11 is 0. The minimum Gasteiger partial charge on any atom is -0.465 e. The molecule has 2 bridgehead atoms. The smallest absolute Gasteiger partial charge is 0.325 e. The highest BCUT2D eigenvalue weighted by molar-refractivity contribution is 6.00. The van der Waals surface area contributed by atoms with Gasteiger partial charge in [-0.25, -0.2) is 0 Å². The van der Waals surface area contributed by atoms with Crippen LogP contribution < -0.4 is 14.8 Å². The van der Waals surface area contributed by atoms with Crippen LogP contribution in [0.2, 0.25) is 0 Å². The maximum Gasteiger partial charge on any atom is 0.325 e. The van der Waals surface area contributed by atoms with Crippen molar-refractivity contribution in [3.05, 3.63) is 30.4 Å². The average molecular weight is 400 g/mol. The molecule has 4 aliphatic rings. The third-order valence-corrected chi connectivity index (χ3v) is 5.75. The SMILES string of the molecule is CCOC(=O)CN1CC23C=C[C@@H](O2)C(C(=O)Nc2ccc4c(c2)OCO4)[C@@H]3C1=O. The number of benzene rings is 1. The first-order valence-corrected chi connectivity index (χ1v) is 9.53. The van der Waals surface area contributed by atoms with Gasteiger partial charge in [-0.1, -0.05) is 12.2 Å². The number of fused-ring (bicyclic) bond motifs is 2. The molecule has 1 N–H and O–H groups in total. The second-order valence-electron chi connectivity index (χ2n) is 7.46. The van der Waals surface area contributed by atoms with E-state index >= 15 is 0 Å². The first-order valence-electron chi connectivity index (χ1n) is 9.53. The average Bonchev–Trinajstić information content (AvgIpc) is 3.43. The zero-order valence-corrected chi connectivity index (χ0v) is 15.8. The Morgan fingerprint density at radius 3 is 2.97 bits per heavy atom. The number of rotatable bonds is 5. The molecule has 152 valence electrons. The number of hydrogen-bond donors (Lipinski definition) is 1. The van der Waals surface area contributed by atoms with Crippen LogP contribution in [0.1, 0.15) is 6.92 Å². The molecule has 0 aliphatic carbocycles. The van der Waals surface area contributed by atoms with Gasteiger partial charge < -0.3 is 29.2 Å². The lowest BCUT2D eigenvalue weighted by Crippen LogP contribution is -2.41. The van der Waals surface area contributed by atoms with E-state index in [2.05, 4.69) is 5.32 Å². The molecule has 1 aromatic carbocycles. The van der Waals surface area contributed by atoms with Gasteiger partial charge in [-0.2, -0.15) is 0 Å². The number of carbonyl (C=O) groups excluding carboxylic acids is 3. The predicted molar refractivity (Wildman–Crippen MR) is 98.1 cm³/mol. The molecule has 29 heavy (non-hydrogen) atoms. The molecule has 4 aliphatic heterocycles. The number of nitrogens with one attached hydrogen (secondary N) is 1. The molecule has 4 atom stereocenters. The lowest BCUT2D eigenvalue weighted by atomic mass is 9.77. The summed E-state index contributed by atoms with van der Waals surface area (Å²) in [5.74, 6) is -1.22. The van der Waals surface area contributed by atoms with Gasteiger partial charge in [0.25, 0.3) is 0 Å². The number of ether oxygens (including phenoxy) is 4. The zero-order valence-electron chi connectivity index (χ0n) is 15.8. The zero-order chi connectivity index (χ0) is 20.2. The summed E-state index contributed by atoms with van der Waals surface area (Å²) < 4.78 is 21.6. The Morgan fingerprint density at radius 1 is 1.31 bits per heavy atom. The van der Waals surface area contributed by atoms with Gasteiger partial charge in [0.2, 0.25) is 18.6 Å². The molecule has 5 rings (SSSR count). The van der Waals surface area contributed by atoms with Crippen molar-refractivity contribution in [2.75, 3.05) is 31.8 Å². The fourth-order valence-corrected chi connectivity index (χ4v) is 4.57. The number of nitrogens with zero attached hydrogens (tertiary/aromatic N) is 1. The topological polar surface area (TPSA) is 103 Å². The Kier molecular flexibility index (Phi) is 4.02. The van der Waals surface area contributed by atoms with Gasteiger partial charge in [0, 0.05) is 11.8 Å². The van der Waals surface area contributed by atoms with E-state index in [0.717, 1.165) is 0 Å². The van der Waals surface area contributed by atoms with E-state index in [4.69, 9.17) is 18.9 Å². The van der Waals surface area contributed by atoms with E-state index in [-0.39, 0.29) is 38.3 Å². The summed E-state index contributed by atoms with van der Waals surface area (Å²) in [7, 11) is 0. The Hall–Kier alpha value is -3.07. The van der Waals surface area contributed by atoms with Gasteiger partial charge in [-0.3, -0.25) is 14.4 Å². The van der Waals surface area contributed by atoms with Crippen LogP contribution in [0.4, 0.5) is 5.69 Å². The summed E-state index contributed by atoms with van der Waals surface area (Å²) in [6, 6.07) is 5.12. The lowest BCUT2D eigenvalue weighted by molar-refractivity contribution is -0.148. The van der Waals surface area contributed by atoms with Crippen molar-refractivity contribution >= 4 is 23.5 Å². The Morgan fingerprint density at radius 2 is 2.14 bits per heavy atom. The van der Waals surface area contributed by atoms with Crippen LogP contribution in [0.15, 0.2) is 30.4 Å². The first kappa shape index (κ1) is 18.0. The van der Waals surface area contributed by atoms with Crippen LogP contribution in [-0.4, -0.2) is 60.9 Å². The number of anilines is 1. The van der Waals surface area contributed by atoms with E-state index in [1.54, 1.807) is 25.1 Å². The van der Waals surface area contributed by atoms with E-state index in [1.165, 1.54) is 4.90 Å². The van der Waals surface area contributed by atoms with Crippen LogP contribution in [-0.2, 0) is 23.9 Å². The molecule has 1 aromatic rings. The van der Waals surface area contributed by atoms with Crippen LogP contribution in [0.3, 0.4) is 0 Å². The Balaban J connectivity index is 1.35. The minimum absolute atomic E-state index is 0.144. The number of hydrogen-bond acceptors (Lipinski definition) is 7. The van der Waals surface area contributed by atoms with Crippen LogP contribution in [0.25, 0.3) is 0 Å². The first-order chi connectivity index (χ1) is 14.0. The van der Waals surface area contributed by atoms with Crippen molar-refractivity contribution in [1.82, 2.24) is 4.90 Å². The highest BCUT2D eigenvalue weighted by Gasteiger charge is 2.67. The van der Waals surface area contributed by atoms with Crippen molar-refractivity contribution in [2.45, 2.75) is 18.6 Å². The summed E-state index contributed by atoms with van der Waals surface area (Å²) in [6.07, 6.45) is 3.19. The fourth-order valence-electron chi connectivity index (χ4n) is 4.57. The van der Waals surface area contributed by atoms with E-state index < -0.39 is 29.5 Å². The van der Waals surface area contributed by atoms with Crippen molar-refractivity contribution < 1.29 is 33.3 Å². The van der Waals surface area contributed by atoms with Crippen molar-refractivity contribution in [1.29, 1.82) is 0 Å². The van der Waals surface area contributed by atoms with E-state index in [1.807, 2.05) is 12.2 Å². The monoisotopic (exact) mass is 400 g/mol. The molecule has 9 heteroatoms. The number of likely N-dealkylation sites (tertiary alicyclic amines) is 1. The lowest BCUT2D eigenvalue weighted by Gasteiger charge is -2.23. The third kappa shape index (κ3) is 2.76. The molecule has 2 amide bonds. The standard InChI is InChI=1S/C20H20N2O7/c1-2-26-15(23)8-22-9-20-6-5-13(29-20)16(17(20)19(22)25)18(24)21-11-3-4-12-14(7-11)28-10-27-12/h3-7,13,16-17H,2,8-10H2,1H3,(H,21,24)/t13-,16?,17-,20?/m1/s1. The summed E-state index contributed by atoms with van der Waals surface area (Å²) in [5.41, 5.74) is -0.320. The number of carbonyl (C=O) groups is 3.